The number of imidazole rings is 1. The smallest absolute Gasteiger partial charge is 0.112 e. The van der Waals surface area contributed by atoms with E-state index in [4.69, 9.17) is 5.73 Å². The largest absolute Gasteiger partial charge is 0.397 e. The zero-order valence-electron chi connectivity index (χ0n) is 9.77. The van der Waals surface area contributed by atoms with E-state index in [1.165, 1.54) is 0 Å². The quantitative estimate of drug-likeness (QED) is 0.632. The van der Waals surface area contributed by atoms with Crippen molar-refractivity contribution in [3.05, 3.63) is 36.7 Å². The van der Waals surface area contributed by atoms with Gasteiger partial charge in [-0.25, -0.2) is 4.98 Å². The van der Waals surface area contributed by atoms with Crippen molar-refractivity contribution in [3.8, 4) is 0 Å². The molecule has 0 aliphatic rings. The molecule has 1 heterocycles. The maximum Gasteiger partial charge on any atom is 0.112 e. The molecule has 0 saturated heterocycles. The molecule has 2 N–H and O–H groups in total. The number of anilines is 1. The lowest BCUT2D eigenvalue weighted by molar-refractivity contribution is 0.692. The highest BCUT2D eigenvalue weighted by atomic mass is 15.1. The van der Waals surface area contributed by atoms with Gasteiger partial charge in [0.25, 0.3) is 0 Å². The van der Waals surface area contributed by atoms with Crippen LogP contribution in [0.4, 0.5) is 5.69 Å². The molecule has 0 aliphatic heterocycles. The van der Waals surface area contributed by atoms with Crippen LogP contribution in [0.15, 0.2) is 30.9 Å². The normalized spacial score (nSPS) is 11.2. The average molecular weight is 215 g/mol. The first-order chi connectivity index (χ1) is 7.65. The fourth-order valence-corrected chi connectivity index (χ4v) is 1.95. The number of benzene rings is 1. The van der Waals surface area contributed by atoms with Crippen molar-refractivity contribution in [1.82, 2.24) is 9.55 Å². The highest BCUT2D eigenvalue weighted by molar-refractivity contribution is 5.87. The van der Waals surface area contributed by atoms with Crippen molar-refractivity contribution in [2.24, 2.45) is 0 Å². The van der Waals surface area contributed by atoms with Crippen LogP contribution in [0.2, 0.25) is 0 Å². The number of allylic oxidation sites excluding steroid dienone is 1. The molecule has 3 nitrogen and oxygen atoms in total. The van der Waals surface area contributed by atoms with Gasteiger partial charge in [0.1, 0.15) is 11.3 Å². The van der Waals surface area contributed by atoms with Gasteiger partial charge >= 0.3 is 0 Å². The lowest BCUT2D eigenvalue weighted by Gasteiger charge is -2.08. The number of nitrogens with zero attached hydrogens (tertiary/aromatic N) is 2. The molecule has 0 saturated carbocycles. The van der Waals surface area contributed by atoms with E-state index in [9.17, 15) is 0 Å². The molecule has 1 aromatic heterocycles. The lowest BCUT2D eigenvalue weighted by atomic mass is 10.2. The van der Waals surface area contributed by atoms with Crippen molar-refractivity contribution in [2.45, 2.75) is 26.3 Å². The molecule has 0 spiro atoms. The number of para-hydroxylation sites is 1. The Bertz CT molecular complexity index is 523. The van der Waals surface area contributed by atoms with Crippen molar-refractivity contribution in [3.63, 3.8) is 0 Å². The van der Waals surface area contributed by atoms with E-state index in [0.717, 1.165) is 29.1 Å². The summed E-state index contributed by atoms with van der Waals surface area (Å²) < 4.78 is 2.17. The Morgan fingerprint density at radius 1 is 1.50 bits per heavy atom. The molecule has 0 bridgehead atoms. The number of fused-ring (bicyclic) bond motifs is 1. The van der Waals surface area contributed by atoms with Crippen LogP contribution >= 0.6 is 0 Å². The van der Waals surface area contributed by atoms with E-state index >= 15 is 0 Å². The van der Waals surface area contributed by atoms with Crippen LogP contribution < -0.4 is 5.73 Å². The van der Waals surface area contributed by atoms with Crippen molar-refractivity contribution < 1.29 is 0 Å². The standard InChI is InChI=1S/C13H17N3/c1-4-8-16-11-7-5-6-10(14)12(11)15-13(16)9(2)3/h4-7,9H,1,8,14H2,2-3H3. The zero-order valence-corrected chi connectivity index (χ0v) is 9.77. The van der Waals surface area contributed by atoms with Crippen LogP contribution in [0.5, 0.6) is 0 Å². The van der Waals surface area contributed by atoms with E-state index in [1.54, 1.807) is 0 Å². The summed E-state index contributed by atoms with van der Waals surface area (Å²) >= 11 is 0. The van der Waals surface area contributed by atoms with E-state index < -0.39 is 0 Å². The molecule has 84 valence electrons. The number of nitrogen functional groups attached to an aromatic ring is 1. The maximum atomic E-state index is 5.93. The predicted octanol–water partition coefficient (Wildman–Crippen LogP) is 2.93. The van der Waals surface area contributed by atoms with E-state index in [-0.39, 0.29) is 0 Å². The highest BCUT2D eigenvalue weighted by Gasteiger charge is 2.13. The minimum Gasteiger partial charge on any atom is -0.397 e. The molecule has 0 aliphatic carbocycles. The molecule has 0 unspecified atom stereocenters. The van der Waals surface area contributed by atoms with Gasteiger partial charge in [-0.2, -0.15) is 0 Å². The van der Waals surface area contributed by atoms with Gasteiger partial charge in [-0.3, -0.25) is 0 Å². The van der Waals surface area contributed by atoms with Gasteiger partial charge in [0.15, 0.2) is 0 Å². The fraction of sp³-hybridized carbons (Fsp3) is 0.308. The summed E-state index contributed by atoms with van der Waals surface area (Å²) in [5.74, 6) is 1.44. The van der Waals surface area contributed by atoms with Crippen molar-refractivity contribution in [1.29, 1.82) is 0 Å². The average Bonchev–Trinajstić information content (AvgIpc) is 2.60. The van der Waals surface area contributed by atoms with Crippen molar-refractivity contribution >= 4 is 16.7 Å². The Morgan fingerprint density at radius 3 is 2.88 bits per heavy atom. The monoisotopic (exact) mass is 215 g/mol. The Hall–Kier alpha value is -1.77. The van der Waals surface area contributed by atoms with E-state index in [1.807, 2.05) is 24.3 Å². The molecule has 0 atom stereocenters. The molecular formula is C13H17N3. The third kappa shape index (κ3) is 1.58. The first-order valence-electron chi connectivity index (χ1n) is 5.50. The zero-order chi connectivity index (χ0) is 11.7. The number of aromatic nitrogens is 2. The second-order valence-electron chi connectivity index (χ2n) is 4.24. The van der Waals surface area contributed by atoms with Gasteiger partial charge in [0.2, 0.25) is 0 Å². The third-order valence-corrected chi connectivity index (χ3v) is 2.67. The molecule has 0 fully saturated rings. The minimum absolute atomic E-state index is 0.381. The van der Waals surface area contributed by atoms with Crippen LogP contribution in [0.3, 0.4) is 0 Å². The van der Waals surface area contributed by atoms with Gasteiger partial charge < -0.3 is 10.3 Å². The molecule has 2 rings (SSSR count). The highest BCUT2D eigenvalue weighted by Crippen LogP contribution is 2.25. The predicted molar refractivity (Wildman–Crippen MR) is 68.4 cm³/mol. The van der Waals surface area contributed by atoms with Crippen LogP contribution in [0.1, 0.15) is 25.6 Å². The summed E-state index contributed by atoms with van der Waals surface area (Å²) in [7, 11) is 0. The van der Waals surface area contributed by atoms with E-state index in [2.05, 4.69) is 30.0 Å². The summed E-state index contributed by atoms with van der Waals surface area (Å²) in [6.45, 7) is 8.83. The molecule has 1 aromatic carbocycles. The van der Waals surface area contributed by atoms with Gasteiger partial charge in [0, 0.05) is 12.5 Å². The van der Waals surface area contributed by atoms with Gasteiger partial charge in [0.05, 0.1) is 11.2 Å². The third-order valence-electron chi connectivity index (χ3n) is 2.67. The minimum atomic E-state index is 0.381. The summed E-state index contributed by atoms with van der Waals surface area (Å²) in [6.07, 6.45) is 1.89. The van der Waals surface area contributed by atoms with E-state index in [0.29, 0.717) is 5.92 Å². The molecule has 0 amide bonds. The summed E-state index contributed by atoms with van der Waals surface area (Å²) in [6, 6.07) is 5.90. The maximum absolute atomic E-state index is 5.93. The first-order valence-corrected chi connectivity index (χ1v) is 5.50. The fourth-order valence-electron chi connectivity index (χ4n) is 1.95. The topological polar surface area (TPSA) is 43.8 Å². The molecule has 0 radical (unpaired) electrons. The van der Waals surface area contributed by atoms with Crippen LogP contribution in [0, 0.1) is 0 Å². The Labute approximate surface area is 95.6 Å². The Balaban J connectivity index is 2.75. The van der Waals surface area contributed by atoms with Gasteiger partial charge in [-0.15, -0.1) is 6.58 Å². The first kappa shape index (κ1) is 10.7. The molecule has 2 aromatic rings. The number of hydrogen-bond acceptors (Lipinski definition) is 2. The Kier molecular flexibility index (Phi) is 2.69. The Morgan fingerprint density at radius 2 is 2.25 bits per heavy atom. The van der Waals surface area contributed by atoms with Crippen LogP contribution in [-0.4, -0.2) is 9.55 Å². The summed E-state index contributed by atoms with van der Waals surface area (Å²) in [5.41, 5.74) is 8.65. The molecule has 16 heavy (non-hydrogen) atoms. The second kappa shape index (κ2) is 4.00. The van der Waals surface area contributed by atoms with Crippen LogP contribution in [0.25, 0.3) is 11.0 Å². The number of rotatable bonds is 3. The summed E-state index contributed by atoms with van der Waals surface area (Å²) in [5, 5.41) is 0. The number of nitrogens with two attached hydrogens (primary N) is 1. The second-order valence-corrected chi connectivity index (χ2v) is 4.24. The lowest BCUT2D eigenvalue weighted by Crippen LogP contribution is -2.03. The van der Waals surface area contributed by atoms with Crippen LogP contribution in [-0.2, 0) is 6.54 Å². The van der Waals surface area contributed by atoms with Crippen molar-refractivity contribution in [2.75, 3.05) is 5.73 Å². The van der Waals surface area contributed by atoms with Gasteiger partial charge in [-0.05, 0) is 12.1 Å². The summed E-state index contributed by atoms with van der Waals surface area (Å²) in [4.78, 5) is 4.62. The number of hydrogen-bond donors (Lipinski definition) is 1. The molecular weight excluding hydrogens is 198 g/mol. The molecule has 3 heteroatoms. The SMILES string of the molecule is C=CCn1c(C(C)C)nc2c(N)cccc21. The van der Waals surface area contributed by atoms with Gasteiger partial charge in [-0.1, -0.05) is 26.0 Å².